The summed E-state index contributed by atoms with van der Waals surface area (Å²) >= 11 is 0. The van der Waals surface area contributed by atoms with Crippen LogP contribution in [0.3, 0.4) is 0 Å². The first-order chi connectivity index (χ1) is 9.24. The van der Waals surface area contributed by atoms with Crippen LogP contribution in [0.4, 0.5) is 0 Å². The van der Waals surface area contributed by atoms with E-state index in [-0.39, 0.29) is 11.8 Å². The Kier molecular flexibility index (Phi) is 4.80. The molecule has 0 bridgehead atoms. The molecule has 1 amide bonds. The van der Waals surface area contributed by atoms with E-state index < -0.39 is 0 Å². The zero-order valence-electron chi connectivity index (χ0n) is 11.6. The van der Waals surface area contributed by atoms with Gasteiger partial charge in [0, 0.05) is 18.9 Å². The third kappa shape index (κ3) is 3.47. The quantitative estimate of drug-likeness (QED) is 0.886. The summed E-state index contributed by atoms with van der Waals surface area (Å²) in [5.41, 5.74) is 2.41. The second-order valence-corrected chi connectivity index (χ2v) is 4.83. The molecule has 4 nitrogen and oxygen atoms in total. The fourth-order valence-electron chi connectivity index (χ4n) is 2.35. The second kappa shape index (κ2) is 6.57. The van der Waals surface area contributed by atoms with Gasteiger partial charge in [0.1, 0.15) is 5.75 Å². The highest BCUT2D eigenvalue weighted by atomic mass is 16.5. The van der Waals surface area contributed by atoms with Gasteiger partial charge in [0.05, 0.1) is 20.3 Å². The van der Waals surface area contributed by atoms with Crippen LogP contribution in [-0.4, -0.2) is 26.2 Å². The predicted octanol–water partition coefficient (Wildman–Crippen LogP) is 2.23. The van der Waals surface area contributed by atoms with E-state index in [1.165, 1.54) is 5.56 Å². The lowest BCUT2D eigenvalue weighted by atomic mass is 9.92. The molecule has 1 N–H and O–H groups in total. The molecule has 0 saturated heterocycles. The van der Waals surface area contributed by atoms with E-state index in [2.05, 4.69) is 11.4 Å². The summed E-state index contributed by atoms with van der Waals surface area (Å²) in [6.07, 6.45) is 1.46. The Bertz CT molecular complexity index is 445. The molecule has 4 heteroatoms. The molecule has 1 heterocycles. The normalized spacial score (nSPS) is 17.7. The van der Waals surface area contributed by atoms with Gasteiger partial charge in [-0.25, -0.2) is 0 Å². The highest BCUT2D eigenvalue weighted by Crippen LogP contribution is 2.29. The molecule has 104 valence electrons. The van der Waals surface area contributed by atoms with Crippen LogP contribution in [0.15, 0.2) is 18.2 Å². The van der Waals surface area contributed by atoms with Crippen molar-refractivity contribution >= 4 is 5.91 Å². The van der Waals surface area contributed by atoms with Crippen molar-refractivity contribution < 1.29 is 14.3 Å². The number of amides is 1. The van der Waals surface area contributed by atoms with Crippen molar-refractivity contribution in [1.82, 2.24) is 5.32 Å². The average Bonchev–Trinajstić information content (AvgIpc) is 2.44. The topological polar surface area (TPSA) is 47.6 Å². The second-order valence-electron chi connectivity index (χ2n) is 4.83. The van der Waals surface area contributed by atoms with Gasteiger partial charge in [0.25, 0.3) is 0 Å². The van der Waals surface area contributed by atoms with Crippen LogP contribution in [0.5, 0.6) is 5.75 Å². The molecule has 1 aliphatic rings. The van der Waals surface area contributed by atoms with Crippen LogP contribution < -0.4 is 10.1 Å². The Balaban J connectivity index is 2.03. The number of hydrogen-bond acceptors (Lipinski definition) is 3. The number of methoxy groups -OCH3 is 1. The predicted molar refractivity (Wildman–Crippen MR) is 73.3 cm³/mol. The van der Waals surface area contributed by atoms with Crippen molar-refractivity contribution in [1.29, 1.82) is 0 Å². The smallest absolute Gasteiger partial charge is 0.220 e. The van der Waals surface area contributed by atoms with E-state index in [0.29, 0.717) is 26.2 Å². The Morgan fingerprint density at radius 3 is 3.11 bits per heavy atom. The monoisotopic (exact) mass is 263 g/mol. The Labute approximate surface area is 114 Å². The van der Waals surface area contributed by atoms with Gasteiger partial charge in [0.2, 0.25) is 5.91 Å². The van der Waals surface area contributed by atoms with Crippen molar-refractivity contribution in [3.8, 4) is 5.75 Å². The number of hydrogen-bond donors (Lipinski definition) is 1. The first-order valence-corrected chi connectivity index (χ1v) is 6.75. The minimum atomic E-state index is 0.114. The first kappa shape index (κ1) is 13.9. The molecule has 1 atom stereocenters. The van der Waals surface area contributed by atoms with Gasteiger partial charge in [-0.05, 0) is 29.7 Å². The summed E-state index contributed by atoms with van der Waals surface area (Å²) in [6, 6.07) is 6.05. The number of carbonyl (C=O) groups excluding carboxylic acids is 1. The molecule has 0 spiro atoms. The molecule has 1 unspecified atom stereocenters. The zero-order chi connectivity index (χ0) is 13.7. The van der Waals surface area contributed by atoms with Crippen molar-refractivity contribution in [3.63, 3.8) is 0 Å². The standard InChI is InChI=1S/C15H21NO3/c1-3-4-15(17)16-8-12-10-19-9-11-7-13(18-2)5-6-14(11)12/h5-7,12H,3-4,8-10H2,1-2H3,(H,16,17). The summed E-state index contributed by atoms with van der Waals surface area (Å²) in [5, 5.41) is 2.97. The van der Waals surface area contributed by atoms with Crippen LogP contribution in [0, 0.1) is 0 Å². The van der Waals surface area contributed by atoms with Gasteiger partial charge in [-0.3, -0.25) is 4.79 Å². The van der Waals surface area contributed by atoms with Gasteiger partial charge in [-0.1, -0.05) is 13.0 Å². The Hall–Kier alpha value is -1.55. The highest BCUT2D eigenvalue weighted by Gasteiger charge is 2.21. The zero-order valence-corrected chi connectivity index (χ0v) is 11.6. The minimum Gasteiger partial charge on any atom is -0.497 e. The maximum Gasteiger partial charge on any atom is 0.220 e. The van der Waals surface area contributed by atoms with E-state index in [4.69, 9.17) is 9.47 Å². The number of carbonyl (C=O) groups is 1. The lowest BCUT2D eigenvalue weighted by Gasteiger charge is -2.26. The van der Waals surface area contributed by atoms with Gasteiger partial charge >= 0.3 is 0 Å². The van der Waals surface area contributed by atoms with Gasteiger partial charge in [0.15, 0.2) is 0 Å². The molecule has 0 radical (unpaired) electrons. The SMILES string of the molecule is CCCC(=O)NCC1COCc2cc(OC)ccc21. The average molecular weight is 263 g/mol. The molecule has 0 saturated carbocycles. The summed E-state index contributed by atoms with van der Waals surface area (Å²) in [4.78, 5) is 11.5. The summed E-state index contributed by atoms with van der Waals surface area (Å²) in [5.74, 6) is 1.19. The van der Waals surface area contributed by atoms with Crippen LogP contribution in [0.2, 0.25) is 0 Å². The minimum absolute atomic E-state index is 0.114. The number of rotatable bonds is 5. The van der Waals surface area contributed by atoms with E-state index in [1.54, 1.807) is 7.11 Å². The number of ether oxygens (including phenoxy) is 2. The maximum atomic E-state index is 11.5. The van der Waals surface area contributed by atoms with Crippen LogP contribution in [0.1, 0.15) is 36.8 Å². The third-order valence-electron chi connectivity index (χ3n) is 3.39. The fraction of sp³-hybridized carbons (Fsp3) is 0.533. The number of benzene rings is 1. The Morgan fingerprint density at radius 1 is 1.53 bits per heavy atom. The summed E-state index contributed by atoms with van der Waals surface area (Å²) < 4.78 is 10.8. The van der Waals surface area contributed by atoms with Crippen LogP contribution in [-0.2, 0) is 16.1 Å². The Morgan fingerprint density at radius 2 is 2.37 bits per heavy atom. The summed E-state index contributed by atoms with van der Waals surface area (Å²) in [6.45, 7) is 3.92. The van der Waals surface area contributed by atoms with Crippen LogP contribution in [0.25, 0.3) is 0 Å². The van der Waals surface area contributed by atoms with Crippen molar-refractivity contribution in [2.75, 3.05) is 20.3 Å². The van der Waals surface area contributed by atoms with Crippen LogP contribution >= 0.6 is 0 Å². The van der Waals surface area contributed by atoms with Crippen molar-refractivity contribution in [2.45, 2.75) is 32.3 Å². The van der Waals surface area contributed by atoms with E-state index in [9.17, 15) is 4.79 Å². The first-order valence-electron chi connectivity index (χ1n) is 6.75. The maximum absolute atomic E-state index is 11.5. The lowest BCUT2D eigenvalue weighted by molar-refractivity contribution is -0.121. The van der Waals surface area contributed by atoms with Gasteiger partial charge in [-0.15, -0.1) is 0 Å². The van der Waals surface area contributed by atoms with Crippen molar-refractivity contribution in [2.24, 2.45) is 0 Å². The lowest BCUT2D eigenvalue weighted by Crippen LogP contribution is -2.32. The van der Waals surface area contributed by atoms with E-state index in [0.717, 1.165) is 17.7 Å². The van der Waals surface area contributed by atoms with Gasteiger partial charge < -0.3 is 14.8 Å². The third-order valence-corrected chi connectivity index (χ3v) is 3.39. The fourth-order valence-corrected chi connectivity index (χ4v) is 2.35. The molecule has 0 fully saturated rings. The molecule has 0 aliphatic carbocycles. The largest absolute Gasteiger partial charge is 0.497 e. The highest BCUT2D eigenvalue weighted by molar-refractivity contribution is 5.75. The summed E-state index contributed by atoms with van der Waals surface area (Å²) in [7, 11) is 1.66. The molecule has 19 heavy (non-hydrogen) atoms. The molecule has 1 aliphatic heterocycles. The number of nitrogens with one attached hydrogen (secondary N) is 1. The number of fused-ring (bicyclic) bond motifs is 1. The molecular formula is C15H21NO3. The van der Waals surface area contributed by atoms with E-state index >= 15 is 0 Å². The molecule has 1 aromatic rings. The molecule has 0 aromatic heterocycles. The van der Waals surface area contributed by atoms with Crippen molar-refractivity contribution in [3.05, 3.63) is 29.3 Å². The molecular weight excluding hydrogens is 242 g/mol. The van der Waals surface area contributed by atoms with Gasteiger partial charge in [-0.2, -0.15) is 0 Å². The van der Waals surface area contributed by atoms with E-state index in [1.807, 2.05) is 19.1 Å². The molecule has 1 aromatic carbocycles. The molecule has 2 rings (SSSR count).